The zero-order valence-electron chi connectivity index (χ0n) is 15.7. The predicted molar refractivity (Wildman–Crippen MR) is 97.0 cm³/mol. The first-order valence-electron chi connectivity index (χ1n) is 9.23. The standard InChI is InChI=1S/C19H31N3O3/c1-5-10-21-12-8-15(9-13-21)17(23)20-14-16-7-6-11-22(16)18(24)25-19(2,3)4/h1,15-16H,6-14H2,2-4H3,(H,20,23). The molecule has 6 heteroatoms. The van der Waals surface area contributed by atoms with Gasteiger partial charge >= 0.3 is 6.09 Å². The molecule has 0 saturated carbocycles. The van der Waals surface area contributed by atoms with Crippen LogP contribution in [0.25, 0.3) is 0 Å². The molecule has 0 aromatic rings. The van der Waals surface area contributed by atoms with Crippen LogP contribution >= 0.6 is 0 Å². The third kappa shape index (κ3) is 5.93. The van der Waals surface area contributed by atoms with E-state index >= 15 is 0 Å². The Kier molecular flexibility index (Phi) is 6.71. The number of nitrogens with zero attached hydrogens (tertiary/aromatic N) is 2. The van der Waals surface area contributed by atoms with Crippen LogP contribution < -0.4 is 5.32 Å². The Labute approximate surface area is 151 Å². The number of hydrogen-bond donors (Lipinski definition) is 1. The summed E-state index contributed by atoms with van der Waals surface area (Å²) in [6.45, 7) is 9.19. The second-order valence-electron chi connectivity index (χ2n) is 7.97. The number of rotatable bonds is 4. The molecule has 0 aromatic carbocycles. The van der Waals surface area contributed by atoms with Gasteiger partial charge < -0.3 is 15.0 Å². The first-order chi connectivity index (χ1) is 11.8. The highest BCUT2D eigenvalue weighted by Gasteiger charge is 2.33. The fourth-order valence-electron chi connectivity index (χ4n) is 3.45. The third-order valence-electron chi connectivity index (χ3n) is 4.79. The summed E-state index contributed by atoms with van der Waals surface area (Å²) < 4.78 is 5.46. The number of hydrogen-bond acceptors (Lipinski definition) is 4. The fourth-order valence-corrected chi connectivity index (χ4v) is 3.45. The second-order valence-corrected chi connectivity index (χ2v) is 7.97. The quantitative estimate of drug-likeness (QED) is 0.787. The van der Waals surface area contributed by atoms with Gasteiger partial charge in [-0.05, 0) is 59.5 Å². The van der Waals surface area contributed by atoms with Gasteiger partial charge in [0.25, 0.3) is 0 Å². The molecule has 2 saturated heterocycles. The number of carbonyl (C=O) groups excluding carboxylic acids is 2. The van der Waals surface area contributed by atoms with E-state index in [2.05, 4.69) is 16.1 Å². The lowest BCUT2D eigenvalue weighted by Gasteiger charge is -2.31. The van der Waals surface area contributed by atoms with Gasteiger partial charge in [0.2, 0.25) is 5.91 Å². The summed E-state index contributed by atoms with van der Waals surface area (Å²) in [6, 6.07) is 0.0281. The van der Waals surface area contributed by atoms with Crippen LogP contribution in [0.3, 0.4) is 0 Å². The highest BCUT2D eigenvalue weighted by atomic mass is 16.6. The van der Waals surface area contributed by atoms with E-state index in [1.54, 1.807) is 4.90 Å². The van der Waals surface area contributed by atoms with Crippen molar-refractivity contribution in [2.45, 2.75) is 58.1 Å². The van der Waals surface area contributed by atoms with E-state index < -0.39 is 5.60 Å². The smallest absolute Gasteiger partial charge is 0.410 e. The van der Waals surface area contributed by atoms with Gasteiger partial charge in [-0.2, -0.15) is 0 Å². The molecule has 2 amide bonds. The van der Waals surface area contributed by atoms with Gasteiger partial charge in [-0.25, -0.2) is 4.79 Å². The van der Waals surface area contributed by atoms with Gasteiger partial charge in [-0.1, -0.05) is 5.92 Å². The molecule has 1 unspecified atom stereocenters. The highest BCUT2D eigenvalue weighted by Crippen LogP contribution is 2.21. The Morgan fingerprint density at radius 1 is 1.20 bits per heavy atom. The minimum absolute atomic E-state index is 0.0281. The average Bonchev–Trinajstić information content (AvgIpc) is 3.01. The molecule has 0 aromatic heterocycles. The molecule has 0 radical (unpaired) electrons. The Hall–Kier alpha value is -1.74. The molecule has 0 spiro atoms. The Morgan fingerprint density at radius 3 is 2.48 bits per heavy atom. The number of amides is 2. The maximum Gasteiger partial charge on any atom is 0.410 e. The maximum atomic E-state index is 12.4. The molecule has 2 aliphatic rings. The molecule has 1 atom stereocenters. The van der Waals surface area contributed by atoms with Crippen molar-refractivity contribution in [3.8, 4) is 12.3 Å². The van der Waals surface area contributed by atoms with E-state index in [0.717, 1.165) is 38.8 Å². The van der Waals surface area contributed by atoms with Crippen LogP contribution in [0.4, 0.5) is 4.79 Å². The Bertz CT molecular complexity index is 513. The fraction of sp³-hybridized carbons (Fsp3) is 0.789. The van der Waals surface area contributed by atoms with Crippen LogP contribution in [0.5, 0.6) is 0 Å². The molecule has 2 heterocycles. The van der Waals surface area contributed by atoms with E-state index in [1.165, 1.54) is 0 Å². The highest BCUT2D eigenvalue weighted by molar-refractivity contribution is 5.79. The SMILES string of the molecule is C#CCN1CCC(C(=O)NCC2CCCN2C(=O)OC(C)(C)C)CC1. The summed E-state index contributed by atoms with van der Waals surface area (Å²) >= 11 is 0. The summed E-state index contributed by atoms with van der Waals surface area (Å²) in [5.74, 6) is 2.79. The first kappa shape index (κ1) is 19.6. The third-order valence-corrected chi connectivity index (χ3v) is 4.79. The minimum Gasteiger partial charge on any atom is -0.444 e. The number of carbonyl (C=O) groups is 2. The summed E-state index contributed by atoms with van der Waals surface area (Å²) in [5.41, 5.74) is -0.500. The van der Waals surface area contributed by atoms with Crippen LogP contribution in [0.15, 0.2) is 0 Å². The van der Waals surface area contributed by atoms with Crippen LogP contribution in [0, 0.1) is 18.3 Å². The van der Waals surface area contributed by atoms with Crippen LogP contribution in [0.2, 0.25) is 0 Å². The van der Waals surface area contributed by atoms with Crippen LogP contribution in [0.1, 0.15) is 46.5 Å². The number of ether oxygens (including phenoxy) is 1. The van der Waals surface area contributed by atoms with E-state index in [4.69, 9.17) is 11.2 Å². The lowest BCUT2D eigenvalue weighted by atomic mass is 9.96. The molecule has 2 rings (SSSR count). The second kappa shape index (κ2) is 8.57. The maximum absolute atomic E-state index is 12.4. The molecule has 0 aliphatic carbocycles. The van der Waals surface area contributed by atoms with Gasteiger partial charge in [0, 0.05) is 19.0 Å². The number of piperidine rings is 1. The van der Waals surface area contributed by atoms with Crippen LogP contribution in [-0.4, -0.2) is 66.2 Å². The molecular weight excluding hydrogens is 318 g/mol. The monoisotopic (exact) mass is 349 g/mol. The van der Waals surface area contributed by atoms with Gasteiger partial charge in [0.05, 0.1) is 12.6 Å². The summed E-state index contributed by atoms with van der Waals surface area (Å²) in [5, 5.41) is 3.04. The van der Waals surface area contributed by atoms with E-state index in [1.807, 2.05) is 20.8 Å². The van der Waals surface area contributed by atoms with E-state index in [-0.39, 0.29) is 24.0 Å². The summed E-state index contributed by atoms with van der Waals surface area (Å²) in [4.78, 5) is 28.7. The zero-order chi connectivity index (χ0) is 18.4. The average molecular weight is 349 g/mol. The van der Waals surface area contributed by atoms with Crippen molar-refractivity contribution >= 4 is 12.0 Å². The van der Waals surface area contributed by atoms with E-state index in [9.17, 15) is 9.59 Å². The lowest BCUT2D eigenvalue weighted by molar-refractivity contribution is -0.126. The predicted octanol–water partition coefficient (Wildman–Crippen LogP) is 1.85. The molecule has 0 bridgehead atoms. The number of terminal acetylenes is 1. The van der Waals surface area contributed by atoms with Crippen molar-refractivity contribution in [1.82, 2.24) is 15.1 Å². The van der Waals surface area contributed by atoms with Gasteiger partial charge in [0.1, 0.15) is 5.60 Å². The topological polar surface area (TPSA) is 61.9 Å². The Balaban J connectivity index is 1.77. The molecular formula is C19H31N3O3. The molecule has 2 aliphatic heterocycles. The van der Waals surface area contributed by atoms with Crippen molar-refractivity contribution in [3.05, 3.63) is 0 Å². The van der Waals surface area contributed by atoms with Crippen molar-refractivity contribution in [2.24, 2.45) is 5.92 Å². The first-order valence-corrected chi connectivity index (χ1v) is 9.23. The van der Waals surface area contributed by atoms with Crippen molar-refractivity contribution in [1.29, 1.82) is 0 Å². The van der Waals surface area contributed by atoms with Crippen LogP contribution in [-0.2, 0) is 9.53 Å². The normalized spacial score (nSPS) is 22.5. The number of nitrogens with one attached hydrogen (secondary N) is 1. The summed E-state index contributed by atoms with van der Waals surface area (Å²) in [6.07, 6.45) is 8.58. The molecule has 6 nitrogen and oxygen atoms in total. The molecule has 25 heavy (non-hydrogen) atoms. The summed E-state index contributed by atoms with van der Waals surface area (Å²) in [7, 11) is 0. The van der Waals surface area contributed by atoms with Gasteiger partial charge in [-0.15, -0.1) is 6.42 Å². The largest absolute Gasteiger partial charge is 0.444 e. The number of likely N-dealkylation sites (tertiary alicyclic amines) is 2. The molecule has 140 valence electrons. The van der Waals surface area contributed by atoms with Crippen molar-refractivity contribution < 1.29 is 14.3 Å². The van der Waals surface area contributed by atoms with Crippen molar-refractivity contribution in [3.63, 3.8) is 0 Å². The molecule has 1 N–H and O–H groups in total. The minimum atomic E-state index is -0.500. The lowest BCUT2D eigenvalue weighted by Crippen LogP contribution is -2.47. The van der Waals surface area contributed by atoms with Crippen molar-refractivity contribution in [2.75, 3.05) is 32.7 Å². The Morgan fingerprint density at radius 2 is 1.88 bits per heavy atom. The van der Waals surface area contributed by atoms with E-state index in [0.29, 0.717) is 19.6 Å². The van der Waals surface area contributed by atoms with Gasteiger partial charge in [0.15, 0.2) is 0 Å². The molecule has 2 fully saturated rings. The van der Waals surface area contributed by atoms with Gasteiger partial charge in [-0.3, -0.25) is 9.69 Å². The zero-order valence-corrected chi connectivity index (χ0v) is 15.7.